The largest absolute Gasteiger partial charge is 0.356 e. The number of para-hydroxylation sites is 1. The van der Waals surface area contributed by atoms with Gasteiger partial charge in [0.15, 0.2) is 0 Å². The van der Waals surface area contributed by atoms with Crippen LogP contribution >= 0.6 is 0 Å². The van der Waals surface area contributed by atoms with E-state index in [1.54, 1.807) is 19.1 Å². The zero-order valence-electron chi connectivity index (χ0n) is 15.0. The topological polar surface area (TPSA) is 48.1 Å². The highest BCUT2D eigenvalue weighted by Gasteiger charge is 2.32. The van der Waals surface area contributed by atoms with Crippen LogP contribution in [0.25, 0.3) is 10.9 Å². The summed E-state index contributed by atoms with van der Waals surface area (Å²) in [6, 6.07) is 12.8. The lowest BCUT2D eigenvalue weighted by Gasteiger charge is -2.35. The monoisotopic (exact) mass is 351 g/mol. The number of aryl methyl sites for hydroxylation is 1. The number of H-pyrrole nitrogens is 1. The van der Waals surface area contributed by atoms with Gasteiger partial charge in [0.25, 0.3) is 0 Å². The van der Waals surface area contributed by atoms with Crippen LogP contribution in [0.4, 0.5) is 14.9 Å². The summed E-state index contributed by atoms with van der Waals surface area (Å²) in [6.45, 7) is 4.43. The molecule has 1 atom stereocenters. The van der Waals surface area contributed by atoms with Crippen molar-refractivity contribution in [1.82, 2.24) is 9.88 Å². The molecular formula is C21H22FN3O. The van der Waals surface area contributed by atoms with E-state index < -0.39 is 0 Å². The summed E-state index contributed by atoms with van der Waals surface area (Å²) in [7, 11) is 0. The highest BCUT2D eigenvalue weighted by molar-refractivity contribution is 5.91. The van der Waals surface area contributed by atoms with Crippen LogP contribution < -0.4 is 5.32 Å². The number of aromatic amines is 1. The van der Waals surface area contributed by atoms with Crippen molar-refractivity contribution < 1.29 is 9.18 Å². The number of carbonyl (C=O) groups is 1. The number of halogens is 1. The first-order valence-corrected chi connectivity index (χ1v) is 9.01. The number of carbonyl (C=O) groups excluding carboxylic acids is 1. The first kappa shape index (κ1) is 16.6. The predicted molar refractivity (Wildman–Crippen MR) is 102 cm³/mol. The molecule has 26 heavy (non-hydrogen) atoms. The Balaban J connectivity index is 1.62. The lowest BCUT2D eigenvalue weighted by Crippen LogP contribution is -2.42. The third-order valence-electron chi connectivity index (χ3n) is 5.23. The number of fused-ring (bicyclic) bond motifs is 3. The van der Waals surface area contributed by atoms with E-state index in [1.807, 2.05) is 17.0 Å². The predicted octanol–water partition coefficient (Wildman–Crippen LogP) is 5.16. The van der Waals surface area contributed by atoms with Crippen molar-refractivity contribution in [3.05, 3.63) is 65.1 Å². The number of hydrogen-bond donors (Lipinski definition) is 2. The maximum Gasteiger partial charge on any atom is 0.322 e. The standard InChI is InChI=1S/C21H22FN3O/c1-3-19-20-16(15-6-4-5-7-18(15)24-20)10-11-25(19)21(26)23-14-9-8-13(2)17(22)12-14/h4-9,12,19,24H,3,10-11H2,1-2H3,(H,23,26). The van der Waals surface area contributed by atoms with Crippen molar-refractivity contribution >= 4 is 22.6 Å². The molecule has 0 spiro atoms. The molecule has 1 aliphatic rings. The molecule has 2 N–H and O–H groups in total. The van der Waals surface area contributed by atoms with Gasteiger partial charge in [-0.25, -0.2) is 9.18 Å². The van der Waals surface area contributed by atoms with E-state index in [2.05, 4.69) is 29.4 Å². The first-order valence-electron chi connectivity index (χ1n) is 9.01. The summed E-state index contributed by atoms with van der Waals surface area (Å²) in [5.41, 5.74) is 4.58. The summed E-state index contributed by atoms with van der Waals surface area (Å²) in [5, 5.41) is 4.08. The fraction of sp³-hybridized carbons (Fsp3) is 0.286. The molecule has 1 unspecified atom stereocenters. The molecule has 5 heteroatoms. The molecule has 0 saturated carbocycles. The fourth-order valence-electron chi connectivity index (χ4n) is 3.85. The van der Waals surface area contributed by atoms with Crippen molar-refractivity contribution in [3.63, 3.8) is 0 Å². The molecule has 4 nitrogen and oxygen atoms in total. The van der Waals surface area contributed by atoms with Crippen LogP contribution in [0.1, 0.15) is 36.2 Å². The molecule has 134 valence electrons. The summed E-state index contributed by atoms with van der Waals surface area (Å²) < 4.78 is 13.8. The quantitative estimate of drug-likeness (QED) is 0.658. The molecule has 0 bridgehead atoms. The minimum absolute atomic E-state index is 0.0126. The molecule has 2 heterocycles. The average Bonchev–Trinajstić information content (AvgIpc) is 3.02. The molecule has 0 aliphatic carbocycles. The Kier molecular flexibility index (Phi) is 4.15. The highest BCUT2D eigenvalue weighted by Crippen LogP contribution is 2.36. The third kappa shape index (κ3) is 2.73. The Morgan fingerprint density at radius 2 is 2.12 bits per heavy atom. The van der Waals surface area contributed by atoms with Gasteiger partial charge in [0, 0.05) is 28.8 Å². The maximum absolute atomic E-state index is 13.8. The third-order valence-corrected chi connectivity index (χ3v) is 5.23. The normalized spacial score (nSPS) is 16.6. The van der Waals surface area contributed by atoms with Gasteiger partial charge >= 0.3 is 6.03 Å². The summed E-state index contributed by atoms with van der Waals surface area (Å²) >= 11 is 0. The van der Waals surface area contributed by atoms with Crippen molar-refractivity contribution in [3.8, 4) is 0 Å². The second kappa shape index (κ2) is 6.48. The molecule has 0 fully saturated rings. The van der Waals surface area contributed by atoms with Crippen molar-refractivity contribution in [2.75, 3.05) is 11.9 Å². The van der Waals surface area contributed by atoms with Gasteiger partial charge in [0.2, 0.25) is 0 Å². The Labute approximate surface area is 152 Å². The number of amides is 2. The molecule has 1 aromatic heterocycles. The minimum Gasteiger partial charge on any atom is -0.356 e. The summed E-state index contributed by atoms with van der Waals surface area (Å²) in [4.78, 5) is 18.2. The van der Waals surface area contributed by atoms with E-state index >= 15 is 0 Å². The van der Waals surface area contributed by atoms with Gasteiger partial charge in [0.05, 0.1) is 6.04 Å². The van der Waals surface area contributed by atoms with Gasteiger partial charge in [-0.05, 0) is 49.1 Å². The number of rotatable bonds is 2. The van der Waals surface area contributed by atoms with E-state index in [9.17, 15) is 9.18 Å². The zero-order valence-corrected chi connectivity index (χ0v) is 15.0. The molecule has 3 aromatic rings. The van der Waals surface area contributed by atoms with Gasteiger partial charge in [-0.15, -0.1) is 0 Å². The average molecular weight is 351 g/mol. The lowest BCUT2D eigenvalue weighted by molar-refractivity contribution is 0.179. The number of nitrogens with one attached hydrogen (secondary N) is 2. The van der Waals surface area contributed by atoms with Crippen LogP contribution in [-0.2, 0) is 6.42 Å². The number of aromatic nitrogens is 1. The van der Waals surface area contributed by atoms with Gasteiger partial charge in [-0.3, -0.25) is 0 Å². The second-order valence-electron chi connectivity index (χ2n) is 6.82. The van der Waals surface area contributed by atoms with E-state index in [0.29, 0.717) is 17.8 Å². The molecule has 2 aromatic carbocycles. The summed E-state index contributed by atoms with van der Waals surface area (Å²) in [5.74, 6) is -0.314. The number of nitrogens with zero attached hydrogens (tertiary/aromatic N) is 1. The Hall–Kier alpha value is -2.82. The van der Waals surface area contributed by atoms with Gasteiger partial charge in [0.1, 0.15) is 5.82 Å². The van der Waals surface area contributed by atoms with Crippen LogP contribution in [0.5, 0.6) is 0 Å². The van der Waals surface area contributed by atoms with E-state index in [1.165, 1.54) is 17.0 Å². The molecule has 4 rings (SSSR count). The number of benzene rings is 2. The maximum atomic E-state index is 13.8. The Morgan fingerprint density at radius 1 is 1.31 bits per heavy atom. The zero-order chi connectivity index (χ0) is 18.3. The van der Waals surface area contributed by atoms with E-state index in [-0.39, 0.29) is 17.9 Å². The number of urea groups is 1. The Bertz CT molecular complexity index is 979. The lowest BCUT2D eigenvalue weighted by atomic mass is 9.96. The first-order chi connectivity index (χ1) is 12.6. The fourth-order valence-corrected chi connectivity index (χ4v) is 3.85. The van der Waals surface area contributed by atoms with Crippen LogP contribution in [0.15, 0.2) is 42.5 Å². The van der Waals surface area contributed by atoms with Crippen LogP contribution in [0.2, 0.25) is 0 Å². The SMILES string of the molecule is CCC1c2[nH]c3ccccc3c2CCN1C(=O)Nc1ccc(C)c(F)c1. The van der Waals surface area contributed by atoms with Gasteiger partial charge in [-0.1, -0.05) is 31.2 Å². The number of anilines is 1. The Morgan fingerprint density at radius 3 is 2.88 bits per heavy atom. The second-order valence-corrected chi connectivity index (χ2v) is 6.82. The van der Waals surface area contributed by atoms with Gasteiger partial charge in [-0.2, -0.15) is 0 Å². The molecule has 2 amide bonds. The van der Waals surface area contributed by atoms with Crippen molar-refractivity contribution in [1.29, 1.82) is 0 Å². The highest BCUT2D eigenvalue weighted by atomic mass is 19.1. The van der Waals surface area contributed by atoms with Crippen LogP contribution in [0.3, 0.4) is 0 Å². The minimum atomic E-state index is -0.314. The van der Waals surface area contributed by atoms with Crippen LogP contribution in [0, 0.1) is 12.7 Å². The summed E-state index contributed by atoms with van der Waals surface area (Å²) in [6.07, 6.45) is 1.63. The van der Waals surface area contributed by atoms with Gasteiger partial charge < -0.3 is 15.2 Å². The van der Waals surface area contributed by atoms with E-state index in [4.69, 9.17) is 0 Å². The van der Waals surface area contributed by atoms with Crippen LogP contribution in [-0.4, -0.2) is 22.5 Å². The smallest absolute Gasteiger partial charge is 0.322 e. The van der Waals surface area contributed by atoms with E-state index in [0.717, 1.165) is 24.1 Å². The molecular weight excluding hydrogens is 329 g/mol. The van der Waals surface area contributed by atoms with Crippen molar-refractivity contribution in [2.24, 2.45) is 0 Å². The van der Waals surface area contributed by atoms with Crippen molar-refractivity contribution in [2.45, 2.75) is 32.7 Å². The number of hydrogen-bond acceptors (Lipinski definition) is 1. The molecule has 0 radical (unpaired) electrons. The molecule has 1 aliphatic heterocycles. The molecule has 0 saturated heterocycles.